The Balaban J connectivity index is 2.55. The maximum Gasteiger partial charge on any atom is 0.0543 e. The Hall–Kier alpha value is -1.31. The van der Waals surface area contributed by atoms with E-state index in [2.05, 4.69) is 36.3 Å². The maximum absolute atomic E-state index is 8.46. The van der Waals surface area contributed by atoms with E-state index in [9.17, 15) is 0 Å². The molecule has 0 aliphatic heterocycles. The van der Waals surface area contributed by atoms with E-state index in [-0.39, 0.29) is 0 Å². The molecule has 0 saturated carbocycles. The molecule has 0 amide bonds. The van der Waals surface area contributed by atoms with E-state index in [0.717, 1.165) is 18.6 Å². The fourth-order valence-electron chi connectivity index (χ4n) is 1.24. The Morgan fingerprint density at radius 1 is 1.46 bits per heavy atom. The summed E-state index contributed by atoms with van der Waals surface area (Å²) < 4.78 is 0. The summed E-state index contributed by atoms with van der Waals surface area (Å²) in [5.74, 6) is 0. The lowest BCUT2D eigenvalue weighted by Crippen LogP contribution is -1.95. The van der Waals surface area contributed by atoms with Gasteiger partial charge in [-0.25, -0.2) is 0 Å². The van der Waals surface area contributed by atoms with Crippen molar-refractivity contribution in [1.82, 2.24) is 0 Å². The van der Waals surface area contributed by atoms with Crippen LogP contribution in [-0.4, -0.2) is 10.9 Å². The van der Waals surface area contributed by atoms with Gasteiger partial charge in [-0.15, -0.1) is 0 Å². The van der Waals surface area contributed by atoms with Crippen LogP contribution in [0.25, 0.3) is 0 Å². The third-order valence-corrected chi connectivity index (χ3v) is 2.03. The first-order valence-corrected chi connectivity index (χ1v) is 4.45. The number of aryl methyl sites for hydroxylation is 2. The highest BCUT2D eigenvalue weighted by atomic mass is 16.4. The standard InChI is InChI=1S/C11H15NO/c1-9-4-3-5-11(8-9)7-6-10(2)12-13/h3-5,8,13H,6-7H2,1-2H3/b12-10+. The Bertz CT molecular complexity index is 305. The zero-order valence-corrected chi connectivity index (χ0v) is 8.12. The minimum absolute atomic E-state index is 0.779. The van der Waals surface area contributed by atoms with Crippen LogP contribution in [0.1, 0.15) is 24.5 Å². The average molecular weight is 177 g/mol. The molecule has 0 radical (unpaired) electrons. The molecule has 2 nitrogen and oxygen atoms in total. The van der Waals surface area contributed by atoms with Crippen LogP contribution < -0.4 is 0 Å². The molecule has 70 valence electrons. The molecular weight excluding hydrogens is 162 g/mol. The summed E-state index contributed by atoms with van der Waals surface area (Å²) >= 11 is 0. The van der Waals surface area contributed by atoms with Gasteiger partial charge in [0.2, 0.25) is 0 Å². The first-order chi connectivity index (χ1) is 6.22. The van der Waals surface area contributed by atoms with Crippen molar-refractivity contribution in [1.29, 1.82) is 0 Å². The molecule has 13 heavy (non-hydrogen) atoms. The van der Waals surface area contributed by atoms with E-state index in [1.165, 1.54) is 11.1 Å². The topological polar surface area (TPSA) is 32.6 Å². The van der Waals surface area contributed by atoms with Crippen LogP contribution >= 0.6 is 0 Å². The van der Waals surface area contributed by atoms with E-state index in [1.54, 1.807) is 0 Å². The summed E-state index contributed by atoms with van der Waals surface area (Å²) in [5, 5.41) is 11.6. The highest BCUT2D eigenvalue weighted by molar-refractivity contribution is 5.81. The summed E-state index contributed by atoms with van der Waals surface area (Å²) in [6, 6.07) is 8.38. The quantitative estimate of drug-likeness (QED) is 0.430. The molecule has 1 aromatic carbocycles. The molecule has 0 aliphatic rings. The zero-order chi connectivity index (χ0) is 9.68. The third-order valence-electron chi connectivity index (χ3n) is 2.03. The smallest absolute Gasteiger partial charge is 0.0543 e. The molecule has 1 aromatic rings. The van der Waals surface area contributed by atoms with E-state index >= 15 is 0 Å². The molecular formula is C11H15NO. The minimum Gasteiger partial charge on any atom is -0.411 e. The van der Waals surface area contributed by atoms with Crippen LogP contribution in [0, 0.1) is 6.92 Å². The van der Waals surface area contributed by atoms with Crippen molar-refractivity contribution in [3.8, 4) is 0 Å². The molecule has 0 fully saturated rings. The monoisotopic (exact) mass is 177 g/mol. The number of benzene rings is 1. The molecule has 1 N–H and O–H groups in total. The summed E-state index contributed by atoms with van der Waals surface area (Å²) in [6.45, 7) is 3.91. The number of oxime groups is 1. The van der Waals surface area contributed by atoms with Gasteiger partial charge >= 0.3 is 0 Å². The highest BCUT2D eigenvalue weighted by Gasteiger charge is 1.95. The first-order valence-electron chi connectivity index (χ1n) is 4.45. The largest absolute Gasteiger partial charge is 0.411 e. The zero-order valence-electron chi connectivity index (χ0n) is 8.12. The number of hydrogen-bond donors (Lipinski definition) is 1. The van der Waals surface area contributed by atoms with Gasteiger partial charge in [-0.05, 0) is 32.3 Å². The lowest BCUT2D eigenvalue weighted by atomic mass is 10.1. The molecule has 0 aliphatic carbocycles. The Morgan fingerprint density at radius 2 is 2.23 bits per heavy atom. The number of rotatable bonds is 3. The highest BCUT2D eigenvalue weighted by Crippen LogP contribution is 2.06. The van der Waals surface area contributed by atoms with E-state index in [4.69, 9.17) is 5.21 Å². The fourth-order valence-corrected chi connectivity index (χ4v) is 1.24. The minimum atomic E-state index is 0.779. The lowest BCUT2D eigenvalue weighted by molar-refractivity contribution is 0.317. The summed E-state index contributed by atoms with van der Waals surface area (Å²) in [7, 11) is 0. The van der Waals surface area contributed by atoms with Crippen molar-refractivity contribution in [3.05, 3.63) is 35.4 Å². The van der Waals surface area contributed by atoms with Crippen molar-refractivity contribution in [2.75, 3.05) is 0 Å². The molecule has 0 saturated heterocycles. The molecule has 0 spiro atoms. The predicted octanol–water partition coefficient (Wildman–Crippen LogP) is 2.78. The second-order valence-electron chi connectivity index (χ2n) is 3.32. The molecule has 0 heterocycles. The Labute approximate surface area is 78.9 Å². The lowest BCUT2D eigenvalue weighted by Gasteiger charge is -2.01. The second-order valence-corrected chi connectivity index (χ2v) is 3.32. The van der Waals surface area contributed by atoms with Crippen molar-refractivity contribution < 1.29 is 5.21 Å². The van der Waals surface area contributed by atoms with Gasteiger partial charge in [0.1, 0.15) is 0 Å². The molecule has 1 rings (SSSR count). The summed E-state index contributed by atoms with van der Waals surface area (Å²) in [4.78, 5) is 0. The fraction of sp³-hybridized carbons (Fsp3) is 0.364. The summed E-state index contributed by atoms with van der Waals surface area (Å²) in [5.41, 5.74) is 3.35. The number of hydrogen-bond acceptors (Lipinski definition) is 2. The Kier molecular flexibility index (Phi) is 3.50. The van der Waals surface area contributed by atoms with Crippen molar-refractivity contribution >= 4 is 5.71 Å². The summed E-state index contributed by atoms with van der Waals surface area (Å²) in [6.07, 6.45) is 1.76. The number of nitrogens with zero attached hydrogens (tertiary/aromatic N) is 1. The second kappa shape index (κ2) is 4.65. The van der Waals surface area contributed by atoms with Gasteiger partial charge in [0.05, 0.1) is 5.71 Å². The van der Waals surface area contributed by atoms with Gasteiger partial charge in [-0.3, -0.25) is 0 Å². The van der Waals surface area contributed by atoms with Crippen LogP contribution in [0.3, 0.4) is 0 Å². The molecule has 0 bridgehead atoms. The molecule has 2 heteroatoms. The average Bonchev–Trinajstić information content (AvgIpc) is 2.14. The maximum atomic E-state index is 8.46. The van der Waals surface area contributed by atoms with Gasteiger partial charge in [0.25, 0.3) is 0 Å². The Morgan fingerprint density at radius 3 is 2.85 bits per heavy atom. The van der Waals surface area contributed by atoms with Crippen LogP contribution in [0.15, 0.2) is 29.4 Å². The van der Waals surface area contributed by atoms with Crippen LogP contribution in [-0.2, 0) is 6.42 Å². The van der Waals surface area contributed by atoms with E-state index in [1.807, 2.05) is 6.92 Å². The first kappa shape index (κ1) is 9.78. The van der Waals surface area contributed by atoms with Crippen molar-refractivity contribution in [2.45, 2.75) is 26.7 Å². The van der Waals surface area contributed by atoms with E-state index < -0.39 is 0 Å². The van der Waals surface area contributed by atoms with Gasteiger partial charge in [0, 0.05) is 0 Å². The van der Waals surface area contributed by atoms with Crippen LogP contribution in [0.2, 0.25) is 0 Å². The van der Waals surface area contributed by atoms with Gasteiger partial charge < -0.3 is 5.21 Å². The van der Waals surface area contributed by atoms with Gasteiger partial charge in [-0.2, -0.15) is 0 Å². The van der Waals surface area contributed by atoms with Crippen molar-refractivity contribution in [3.63, 3.8) is 0 Å². The van der Waals surface area contributed by atoms with Crippen LogP contribution in [0.4, 0.5) is 0 Å². The predicted molar refractivity (Wildman–Crippen MR) is 54.4 cm³/mol. The molecule has 0 atom stereocenters. The van der Waals surface area contributed by atoms with Gasteiger partial charge in [0.15, 0.2) is 0 Å². The molecule has 0 aromatic heterocycles. The third kappa shape index (κ3) is 3.28. The van der Waals surface area contributed by atoms with Gasteiger partial charge in [-0.1, -0.05) is 35.0 Å². The van der Waals surface area contributed by atoms with Crippen molar-refractivity contribution in [2.24, 2.45) is 5.16 Å². The molecule has 0 unspecified atom stereocenters. The normalized spacial score (nSPS) is 11.7. The van der Waals surface area contributed by atoms with Crippen LogP contribution in [0.5, 0.6) is 0 Å². The van der Waals surface area contributed by atoms with E-state index in [0.29, 0.717) is 0 Å². The SMILES string of the molecule is C/C(CCc1cccc(C)c1)=N\O.